The van der Waals surface area contributed by atoms with Crippen LogP contribution in [0.5, 0.6) is 0 Å². The predicted molar refractivity (Wildman–Crippen MR) is 52.5 cm³/mol. The van der Waals surface area contributed by atoms with Gasteiger partial charge in [-0.2, -0.15) is 0 Å². The smallest absolute Gasteiger partial charge is 0.0366 e. The number of hydrogen-bond donors (Lipinski definition) is 0. The summed E-state index contributed by atoms with van der Waals surface area (Å²) < 4.78 is 1.52. The van der Waals surface area contributed by atoms with Gasteiger partial charge in [-0.25, -0.2) is 0 Å². The van der Waals surface area contributed by atoms with Crippen LogP contribution in [0.4, 0.5) is 0 Å². The van der Waals surface area contributed by atoms with E-state index in [9.17, 15) is 0 Å². The number of allylic oxidation sites excluding steroid dienone is 1. The van der Waals surface area contributed by atoms with Crippen LogP contribution in [0, 0.1) is 5.41 Å². The van der Waals surface area contributed by atoms with Gasteiger partial charge in [0.2, 0.25) is 0 Å². The third-order valence-electron chi connectivity index (χ3n) is 1.12. The van der Waals surface area contributed by atoms with Gasteiger partial charge in [0.25, 0.3) is 0 Å². The van der Waals surface area contributed by atoms with E-state index in [1.807, 2.05) is 23.5 Å². The van der Waals surface area contributed by atoms with E-state index >= 15 is 0 Å². The molecule has 1 saturated heterocycles. The van der Waals surface area contributed by atoms with Crippen molar-refractivity contribution in [1.82, 2.24) is 0 Å². The Morgan fingerprint density at radius 1 is 1.20 bits per heavy atom. The lowest BCUT2D eigenvalue weighted by Crippen LogP contribution is -1.98. The monoisotopic (exact) mass is 174 g/mol. The second kappa shape index (κ2) is 3.22. The van der Waals surface area contributed by atoms with E-state index in [4.69, 9.17) is 0 Å². The van der Waals surface area contributed by atoms with Crippen LogP contribution in [0.1, 0.15) is 20.8 Å². The minimum absolute atomic E-state index is 0.361. The lowest BCUT2D eigenvalue weighted by Gasteiger charge is -2.12. The number of thioether (sulfide) groups is 2. The highest BCUT2D eigenvalue weighted by molar-refractivity contribution is 8.25. The van der Waals surface area contributed by atoms with Crippen molar-refractivity contribution in [1.29, 1.82) is 0 Å². The second-order valence-corrected chi connectivity index (χ2v) is 6.06. The topological polar surface area (TPSA) is 0 Å². The van der Waals surface area contributed by atoms with Crippen LogP contribution >= 0.6 is 23.5 Å². The minimum atomic E-state index is 0.361. The van der Waals surface area contributed by atoms with E-state index in [0.29, 0.717) is 5.41 Å². The number of rotatable bonds is 0. The van der Waals surface area contributed by atoms with E-state index in [1.165, 1.54) is 15.7 Å². The van der Waals surface area contributed by atoms with Crippen molar-refractivity contribution >= 4 is 23.5 Å². The maximum absolute atomic E-state index is 2.37. The molecule has 1 rings (SSSR count). The molecule has 0 aliphatic carbocycles. The van der Waals surface area contributed by atoms with Crippen molar-refractivity contribution in [3.8, 4) is 0 Å². The van der Waals surface area contributed by atoms with E-state index in [-0.39, 0.29) is 0 Å². The maximum atomic E-state index is 2.37. The average molecular weight is 174 g/mol. The van der Waals surface area contributed by atoms with Gasteiger partial charge in [0.15, 0.2) is 0 Å². The van der Waals surface area contributed by atoms with Crippen LogP contribution in [0.25, 0.3) is 0 Å². The van der Waals surface area contributed by atoms with Gasteiger partial charge >= 0.3 is 0 Å². The van der Waals surface area contributed by atoms with Gasteiger partial charge in [0.05, 0.1) is 0 Å². The van der Waals surface area contributed by atoms with Crippen molar-refractivity contribution in [2.24, 2.45) is 5.41 Å². The summed E-state index contributed by atoms with van der Waals surface area (Å²) in [6, 6.07) is 0. The first-order valence-corrected chi connectivity index (χ1v) is 5.53. The molecule has 0 radical (unpaired) electrons. The molecule has 0 N–H and O–H groups in total. The van der Waals surface area contributed by atoms with Crippen molar-refractivity contribution in [3.63, 3.8) is 0 Å². The molecule has 1 aliphatic heterocycles. The zero-order valence-corrected chi connectivity index (χ0v) is 8.44. The highest BCUT2D eigenvalue weighted by atomic mass is 32.2. The Morgan fingerprint density at radius 3 is 2.10 bits per heavy atom. The van der Waals surface area contributed by atoms with Gasteiger partial charge in [0, 0.05) is 15.7 Å². The van der Waals surface area contributed by atoms with Crippen LogP contribution < -0.4 is 0 Å². The van der Waals surface area contributed by atoms with Gasteiger partial charge in [0.1, 0.15) is 0 Å². The zero-order chi connectivity index (χ0) is 7.61. The summed E-state index contributed by atoms with van der Waals surface area (Å²) in [6.07, 6.45) is 2.37. The molecule has 0 unspecified atom stereocenters. The molecule has 0 saturated carbocycles. The summed E-state index contributed by atoms with van der Waals surface area (Å²) in [6.45, 7) is 6.75. The van der Waals surface area contributed by atoms with Gasteiger partial charge in [-0.1, -0.05) is 26.8 Å². The zero-order valence-electron chi connectivity index (χ0n) is 6.81. The quantitative estimate of drug-likeness (QED) is 0.552. The molecule has 1 heterocycles. The Morgan fingerprint density at radius 2 is 1.70 bits per heavy atom. The van der Waals surface area contributed by atoms with Crippen molar-refractivity contribution < 1.29 is 0 Å². The minimum Gasteiger partial charge on any atom is -0.119 e. The van der Waals surface area contributed by atoms with E-state index in [2.05, 4.69) is 26.8 Å². The molecule has 0 nitrogen and oxygen atoms in total. The van der Waals surface area contributed by atoms with Crippen LogP contribution in [0.3, 0.4) is 0 Å². The first-order chi connectivity index (χ1) is 4.58. The van der Waals surface area contributed by atoms with Crippen LogP contribution in [-0.2, 0) is 0 Å². The summed E-state index contributed by atoms with van der Waals surface area (Å²) >= 11 is 3.99. The highest BCUT2D eigenvalue weighted by Crippen LogP contribution is 2.38. The molecule has 10 heavy (non-hydrogen) atoms. The summed E-state index contributed by atoms with van der Waals surface area (Å²) in [5.74, 6) is 2.60. The molecule has 0 spiro atoms. The molecular formula is C8H14S2. The number of hydrogen-bond acceptors (Lipinski definition) is 2. The van der Waals surface area contributed by atoms with Crippen LogP contribution in [0.2, 0.25) is 0 Å². The lowest BCUT2D eigenvalue weighted by molar-refractivity contribution is 0.544. The first kappa shape index (κ1) is 8.54. The van der Waals surface area contributed by atoms with Crippen molar-refractivity contribution in [2.75, 3.05) is 11.5 Å². The molecule has 0 bridgehead atoms. The normalized spacial score (nSPS) is 19.7. The molecule has 0 amide bonds. The SMILES string of the molecule is CC(C)(C)C=C1SCCS1. The molecule has 58 valence electrons. The van der Waals surface area contributed by atoms with Crippen LogP contribution in [-0.4, -0.2) is 11.5 Å². The van der Waals surface area contributed by atoms with E-state index in [0.717, 1.165) is 0 Å². The van der Waals surface area contributed by atoms with Crippen molar-refractivity contribution in [3.05, 3.63) is 10.3 Å². The summed E-state index contributed by atoms with van der Waals surface area (Å²) in [4.78, 5) is 0. The fraction of sp³-hybridized carbons (Fsp3) is 0.750. The molecule has 1 aliphatic rings. The molecular weight excluding hydrogens is 160 g/mol. The Hall–Kier alpha value is 0.440. The fourth-order valence-electron chi connectivity index (χ4n) is 0.763. The largest absolute Gasteiger partial charge is 0.119 e. The van der Waals surface area contributed by atoms with Crippen molar-refractivity contribution in [2.45, 2.75) is 20.8 Å². The third-order valence-corrected chi connectivity index (χ3v) is 3.71. The maximum Gasteiger partial charge on any atom is 0.0366 e. The molecule has 2 heteroatoms. The average Bonchev–Trinajstić information content (AvgIpc) is 2.12. The Balaban J connectivity index is 2.53. The fourth-order valence-corrected chi connectivity index (χ4v) is 3.54. The molecule has 0 aromatic rings. The predicted octanol–water partition coefficient (Wildman–Crippen LogP) is 3.35. The summed E-state index contributed by atoms with van der Waals surface area (Å²) in [5.41, 5.74) is 0.361. The highest BCUT2D eigenvalue weighted by Gasteiger charge is 2.12. The van der Waals surface area contributed by atoms with Gasteiger partial charge < -0.3 is 0 Å². The Kier molecular flexibility index (Phi) is 2.75. The molecule has 0 aromatic carbocycles. The van der Waals surface area contributed by atoms with E-state index < -0.39 is 0 Å². The van der Waals surface area contributed by atoms with Gasteiger partial charge in [-0.3, -0.25) is 0 Å². The summed E-state index contributed by atoms with van der Waals surface area (Å²) in [5, 5.41) is 0. The van der Waals surface area contributed by atoms with Crippen LogP contribution in [0.15, 0.2) is 10.3 Å². The Bertz CT molecular complexity index is 134. The molecule has 1 fully saturated rings. The Labute approximate surface area is 71.8 Å². The lowest BCUT2D eigenvalue weighted by atomic mass is 9.98. The molecule has 0 atom stereocenters. The standard InChI is InChI=1S/C8H14S2/c1-8(2,3)6-7-9-4-5-10-7/h6H,4-5H2,1-3H3. The third kappa shape index (κ3) is 3.02. The first-order valence-electron chi connectivity index (χ1n) is 3.56. The van der Waals surface area contributed by atoms with Gasteiger partial charge in [-0.15, -0.1) is 23.5 Å². The summed E-state index contributed by atoms with van der Waals surface area (Å²) in [7, 11) is 0. The second-order valence-electron chi connectivity index (χ2n) is 3.53. The molecule has 0 aromatic heterocycles. The van der Waals surface area contributed by atoms with Gasteiger partial charge in [-0.05, 0) is 5.41 Å². The van der Waals surface area contributed by atoms with E-state index in [1.54, 1.807) is 0 Å².